The van der Waals surface area contributed by atoms with Crippen LogP contribution in [0.1, 0.15) is 18.4 Å². The number of ether oxygens (including phenoxy) is 2. The lowest BCUT2D eigenvalue weighted by molar-refractivity contribution is -0.120. The number of rotatable bonds is 1. The van der Waals surface area contributed by atoms with Gasteiger partial charge in [0.05, 0.1) is 13.2 Å². The molecule has 4 nitrogen and oxygen atoms in total. The topological polar surface area (TPSA) is 55.8 Å². The summed E-state index contributed by atoms with van der Waals surface area (Å²) in [5, 5.41) is 9.91. The first-order chi connectivity index (χ1) is 8.69. The van der Waals surface area contributed by atoms with Gasteiger partial charge in [-0.1, -0.05) is 0 Å². The monoisotopic (exact) mass is 246 g/mol. The molecule has 1 aliphatic heterocycles. The maximum absolute atomic E-state index is 11.8. The molecule has 0 radical (unpaired) electrons. The standard InChI is InChI=1S/C14H14O4/c1-17-9-2-5-13-8(6-9)7-10-11(15)3-4-12(16)14(10)18-13/h2,5-7,12,14,16H,3-4H2,1H3. The highest BCUT2D eigenvalue weighted by molar-refractivity contribution is 6.02. The van der Waals surface area contributed by atoms with Gasteiger partial charge in [0.1, 0.15) is 11.5 Å². The molecule has 1 aliphatic carbocycles. The third kappa shape index (κ3) is 1.69. The second-order valence-corrected chi connectivity index (χ2v) is 4.57. The van der Waals surface area contributed by atoms with Crippen LogP contribution in [0.25, 0.3) is 6.08 Å². The number of ketones is 1. The van der Waals surface area contributed by atoms with Gasteiger partial charge in [-0.15, -0.1) is 0 Å². The number of Topliss-reactive ketones (excluding diaryl/α,β-unsaturated/α-hetero) is 1. The number of hydrogen-bond acceptors (Lipinski definition) is 4. The van der Waals surface area contributed by atoms with Crippen LogP contribution in [0.2, 0.25) is 0 Å². The molecule has 2 aliphatic rings. The van der Waals surface area contributed by atoms with Gasteiger partial charge in [-0.25, -0.2) is 0 Å². The Kier molecular flexibility index (Phi) is 2.59. The van der Waals surface area contributed by atoms with Crippen LogP contribution in [-0.4, -0.2) is 30.2 Å². The summed E-state index contributed by atoms with van der Waals surface area (Å²) in [4.78, 5) is 11.8. The largest absolute Gasteiger partial charge is 0.497 e. The van der Waals surface area contributed by atoms with Crippen LogP contribution in [0.5, 0.6) is 11.5 Å². The average Bonchev–Trinajstić information content (AvgIpc) is 2.41. The number of benzene rings is 1. The zero-order valence-corrected chi connectivity index (χ0v) is 10.1. The fourth-order valence-corrected chi connectivity index (χ4v) is 2.42. The Hall–Kier alpha value is -1.81. The number of methoxy groups -OCH3 is 1. The normalized spacial score (nSPS) is 25.7. The minimum atomic E-state index is -0.607. The van der Waals surface area contributed by atoms with Crippen LogP contribution in [0.3, 0.4) is 0 Å². The van der Waals surface area contributed by atoms with Crippen molar-refractivity contribution in [1.82, 2.24) is 0 Å². The van der Waals surface area contributed by atoms with Crippen molar-refractivity contribution in [3.63, 3.8) is 0 Å². The zero-order valence-electron chi connectivity index (χ0n) is 10.1. The van der Waals surface area contributed by atoms with Crippen LogP contribution in [-0.2, 0) is 4.79 Å². The Balaban J connectivity index is 2.06. The SMILES string of the molecule is COc1ccc2c(c1)C=C1C(=O)CCC(O)C1O2. The van der Waals surface area contributed by atoms with E-state index in [9.17, 15) is 9.90 Å². The maximum Gasteiger partial charge on any atom is 0.162 e. The molecule has 4 heteroatoms. The van der Waals surface area contributed by atoms with E-state index in [1.165, 1.54) is 0 Å². The van der Waals surface area contributed by atoms with Crippen molar-refractivity contribution in [2.45, 2.75) is 25.0 Å². The van der Waals surface area contributed by atoms with Crippen molar-refractivity contribution < 1.29 is 19.4 Å². The first-order valence-electron chi connectivity index (χ1n) is 5.96. The predicted octanol–water partition coefficient (Wildman–Crippen LogP) is 1.56. The molecule has 2 atom stereocenters. The Bertz CT molecular complexity index is 533. The van der Waals surface area contributed by atoms with Gasteiger partial charge < -0.3 is 14.6 Å². The molecule has 1 fully saturated rings. The molecule has 1 heterocycles. The van der Waals surface area contributed by atoms with E-state index in [1.807, 2.05) is 6.07 Å². The summed E-state index contributed by atoms with van der Waals surface area (Å²) < 4.78 is 10.9. The molecular formula is C14H14O4. The Morgan fingerprint density at radius 2 is 2.28 bits per heavy atom. The number of aliphatic hydroxyl groups is 1. The van der Waals surface area contributed by atoms with Crippen molar-refractivity contribution in [2.24, 2.45) is 0 Å². The molecule has 1 aromatic carbocycles. The van der Waals surface area contributed by atoms with Crippen molar-refractivity contribution in [3.8, 4) is 11.5 Å². The number of fused-ring (bicyclic) bond motifs is 2. The molecule has 94 valence electrons. The van der Waals surface area contributed by atoms with Gasteiger partial charge >= 0.3 is 0 Å². The summed E-state index contributed by atoms with van der Waals surface area (Å²) in [5.41, 5.74) is 1.39. The highest BCUT2D eigenvalue weighted by Crippen LogP contribution is 2.36. The Morgan fingerprint density at radius 3 is 3.06 bits per heavy atom. The van der Waals surface area contributed by atoms with Crippen molar-refractivity contribution in [2.75, 3.05) is 7.11 Å². The van der Waals surface area contributed by atoms with E-state index in [0.29, 0.717) is 24.2 Å². The quantitative estimate of drug-likeness (QED) is 0.817. The molecule has 3 rings (SSSR count). The molecule has 0 saturated heterocycles. The lowest BCUT2D eigenvalue weighted by Gasteiger charge is -2.33. The fraction of sp³-hybridized carbons (Fsp3) is 0.357. The molecule has 1 N–H and O–H groups in total. The fourth-order valence-electron chi connectivity index (χ4n) is 2.42. The van der Waals surface area contributed by atoms with Crippen LogP contribution in [0.15, 0.2) is 23.8 Å². The summed E-state index contributed by atoms with van der Waals surface area (Å²) in [6, 6.07) is 5.43. The molecule has 0 amide bonds. The van der Waals surface area contributed by atoms with Crippen molar-refractivity contribution in [1.29, 1.82) is 0 Å². The van der Waals surface area contributed by atoms with Crippen molar-refractivity contribution in [3.05, 3.63) is 29.3 Å². The van der Waals surface area contributed by atoms with Gasteiger partial charge in [-0.05, 0) is 30.7 Å². The van der Waals surface area contributed by atoms with E-state index >= 15 is 0 Å². The Morgan fingerprint density at radius 1 is 1.44 bits per heavy atom. The van der Waals surface area contributed by atoms with E-state index in [2.05, 4.69) is 0 Å². The van der Waals surface area contributed by atoms with Gasteiger partial charge in [0.2, 0.25) is 0 Å². The summed E-state index contributed by atoms with van der Waals surface area (Å²) >= 11 is 0. The summed E-state index contributed by atoms with van der Waals surface area (Å²) in [5.74, 6) is 1.45. The van der Waals surface area contributed by atoms with Gasteiger partial charge in [0.25, 0.3) is 0 Å². The van der Waals surface area contributed by atoms with Gasteiger partial charge in [-0.3, -0.25) is 4.79 Å². The number of hydrogen-bond donors (Lipinski definition) is 1. The smallest absolute Gasteiger partial charge is 0.162 e. The number of aliphatic hydroxyl groups excluding tert-OH is 1. The first-order valence-corrected chi connectivity index (χ1v) is 5.96. The third-order valence-corrected chi connectivity index (χ3v) is 3.43. The predicted molar refractivity (Wildman–Crippen MR) is 65.6 cm³/mol. The van der Waals surface area contributed by atoms with Gasteiger partial charge in [-0.2, -0.15) is 0 Å². The molecule has 1 saturated carbocycles. The van der Waals surface area contributed by atoms with Crippen LogP contribution in [0, 0.1) is 0 Å². The third-order valence-electron chi connectivity index (χ3n) is 3.43. The highest BCUT2D eigenvalue weighted by Gasteiger charge is 2.37. The molecule has 0 bridgehead atoms. The van der Waals surface area contributed by atoms with Gasteiger partial charge in [0.15, 0.2) is 11.9 Å². The summed E-state index contributed by atoms with van der Waals surface area (Å²) in [6.07, 6.45) is 1.52. The van der Waals surface area contributed by atoms with E-state index in [0.717, 1.165) is 11.3 Å². The van der Waals surface area contributed by atoms with E-state index in [1.54, 1.807) is 25.3 Å². The van der Waals surface area contributed by atoms with E-state index < -0.39 is 12.2 Å². The molecule has 1 aromatic rings. The average molecular weight is 246 g/mol. The Labute approximate surface area is 105 Å². The second kappa shape index (κ2) is 4.14. The minimum absolute atomic E-state index is 0.0544. The lowest BCUT2D eigenvalue weighted by atomic mass is 9.85. The zero-order chi connectivity index (χ0) is 12.7. The van der Waals surface area contributed by atoms with E-state index in [4.69, 9.17) is 9.47 Å². The minimum Gasteiger partial charge on any atom is -0.497 e. The van der Waals surface area contributed by atoms with Crippen molar-refractivity contribution >= 4 is 11.9 Å². The van der Waals surface area contributed by atoms with E-state index in [-0.39, 0.29) is 5.78 Å². The number of carbonyl (C=O) groups is 1. The molecule has 18 heavy (non-hydrogen) atoms. The first kappa shape index (κ1) is 11.3. The lowest BCUT2D eigenvalue weighted by Crippen LogP contribution is -2.42. The summed E-state index contributed by atoms with van der Waals surface area (Å²) in [7, 11) is 1.59. The number of carbonyl (C=O) groups excluding carboxylic acids is 1. The maximum atomic E-state index is 11.8. The van der Waals surface area contributed by atoms with Crippen LogP contribution in [0.4, 0.5) is 0 Å². The van der Waals surface area contributed by atoms with Crippen LogP contribution < -0.4 is 9.47 Å². The second-order valence-electron chi connectivity index (χ2n) is 4.57. The molecular weight excluding hydrogens is 232 g/mol. The molecule has 0 spiro atoms. The van der Waals surface area contributed by atoms with Crippen LogP contribution >= 0.6 is 0 Å². The molecule has 2 unspecified atom stereocenters. The highest BCUT2D eigenvalue weighted by atomic mass is 16.5. The summed E-state index contributed by atoms with van der Waals surface area (Å²) in [6.45, 7) is 0. The van der Waals surface area contributed by atoms with Gasteiger partial charge in [0, 0.05) is 17.6 Å². The molecule has 0 aromatic heterocycles.